The van der Waals surface area contributed by atoms with Crippen molar-refractivity contribution in [2.24, 2.45) is 5.92 Å². The van der Waals surface area contributed by atoms with E-state index in [1.807, 2.05) is 13.0 Å². The average Bonchev–Trinajstić information content (AvgIpc) is 2.36. The Balaban J connectivity index is 2.74. The van der Waals surface area contributed by atoms with Gasteiger partial charge in [-0.25, -0.2) is 0 Å². The van der Waals surface area contributed by atoms with Gasteiger partial charge in [-0.2, -0.15) is 0 Å². The van der Waals surface area contributed by atoms with Crippen LogP contribution in [0, 0.1) is 5.92 Å². The minimum atomic E-state index is -0.663. The van der Waals surface area contributed by atoms with Gasteiger partial charge in [-0.05, 0) is 31.0 Å². The van der Waals surface area contributed by atoms with E-state index in [-0.39, 0.29) is 12.2 Å². The molecule has 1 aromatic rings. The largest absolute Gasteiger partial charge is 0.465 e. The SMILES string of the molecule is CCCC(C(=O)Cc1cccc(Cl)c1)C(=O)OCC. The van der Waals surface area contributed by atoms with Gasteiger partial charge < -0.3 is 4.74 Å². The lowest BCUT2D eigenvalue weighted by Crippen LogP contribution is -2.27. The van der Waals surface area contributed by atoms with E-state index >= 15 is 0 Å². The number of carbonyl (C=O) groups excluding carboxylic acids is 2. The topological polar surface area (TPSA) is 43.4 Å². The fraction of sp³-hybridized carbons (Fsp3) is 0.467. The number of rotatable bonds is 7. The fourth-order valence-corrected chi connectivity index (χ4v) is 2.13. The number of ether oxygens (including phenoxy) is 1. The number of hydrogen-bond acceptors (Lipinski definition) is 3. The van der Waals surface area contributed by atoms with Crippen molar-refractivity contribution in [3.05, 3.63) is 34.9 Å². The second-order valence-corrected chi connectivity index (χ2v) is 4.80. The van der Waals surface area contributed by atoms with Crippen LogP contribution in [0.4, 0.5) is 0 Å². The van der Waals surface area contributed by atoms with Crippen molar-refractivity contribution in [1.82, 2.24) is 0 Å². The van der Waals surface area contributed by atoms with Crippen LogP contribution in [-0.4, -0.2) is 18.4 Å². The summed E-state index contributed by atoms with van der Waals surface area (Å²) in [5, 5.41) is 0.591. The third-order valence-corrected chi connectivity index (χ3v) is 3.04. The summed E-state index contributed by atoms with van der Waals surface area (Å²) in [5.41, 5.74) is 0.822. The van der Waals surface area contributed by atoms with Crippen LogP contribution in [-0.2, 0) is 20.7 Å². The molecule has 0 amide bonds. The van der Waals surface area contributed by atoms with Crippen molar-refractivity contribution < 1.29 is 14.3 Å². The number of hydrogen-bond donors (Lipinski definition) is 0. The maximum atomic E-state index is 12.2. The molecule has 104 valence electrons. The maximum absolute atomic E-state index is 12.2. The molecule has 19 heavy (non-hydrogen) atoms. The zero-order valence-electron chi connectivity index (χ0n) is 11.3. The molecule has 0 saturated carbocycles. The van der Waals surface area contributed by atoms with Crippen LogP contribution in [0.3, 0.4) is 0 Å². The van der Waals surface area contributed by atoms with E-state index in [9.17, 15) is 9.59 Å². The van der Waals surface area contributed by atoms with Crippen LogP contribution in [0.15, 0.2) is 24.3 Å². The molecule has 0 N–H and O–H groups in total. The van der Waals surface area contributed by atoms with Gasteiger partial charge in [0, 0.05) is 11.4 Å². The van der Waals surface area contributed by atoms with E-state index < -0.39 is 11.9 Å². The Kier molecular flexibility index (Phi) is 6.57. The number of carbonyl (C=O) groups is 2. The van der Waals surface area contributed by atoms with Crippen LogP contribution in [0.25, 0.3) is 0 Å². The van der Waals surface area contributed by atoms with Crippen LogP contribution in [0.1, 0.15) is 32.3 Å². The molecular weight excluding hydrogens is 264 g/mol. The summed E-state index contributed by atoms with van der Waals surface area (Å²) in [5.74, 6) is -1.19. The zero-order valence-corrected chi connectivity index (χ0v) is 12.1. The van der Waals surface area contributed by atoms with E-state index in [2.05, 4.69) is 0 Å². The summed E-state index contributed by atoms with van der Waals surface area (Å²) >= 11 is 5.88. The molecule has 0 saturated heterocycles. The van der Waals surface area contributed by atoms with E-state index in [0.29, 0.717) is 18.1 Å². The standard InChI is InChI=1S/C15H19ClO3/c1-3-6-13(15(18)19-4-2)14(17)10-11-7-5-8-12(16)9-11/h5,7-9,13H,3-4,6,10H2,1-2H3. The minimum absolute atomic E-state index is 0.109. The molecule has 0 aliphatic heterocycles. The van der Waals surface area contributed by atoms with E-state index in [1.54, 1.807) is 25.1 Å². The number of Topliss-reactive ketones (excluding diaryl/α,β-unsaturated/α-hetero) is 1. The average molecular weight is 283 g/mol. The predicted octanol–water partition coefficient (Wildman–Crippen LogP) is 3.43. The number of benzene rings is 1. The molecule has 0 bridgehead atoms. The van der Waals surface area contributed by atoms with Crippen molar-refractivity contribution in [2.75, 3.05) is 6.61 Å². The second-order valence-electron chi connectivity index (χ2n) is 4.37. The summed E-state index contributed by atoms with van der Waals surface area (Å²) in [4.78, 5) is 23.9. The first-order chi connectivity index (χ1) is 9.08. The highest BCUT2D eigenvalue weighted by molar-refractivity contribution is 6.30. The maximum Gasteiger partial charge on any atom is 0.316 e. The molecule has 1 unspecified atom stereocenters. The van der Waals surface area contributed by atoms with E-state index in [0.717, 1.165) is 12.0 Å². The van der Waals surface area contributed by atoms with Gasteiger partial charge in [0.05, 0.1) is 6.61 Å². The summed E-state index contributed by atoms with van der Waals surface area (Å²) in [6.45, 7) is 3.98. The quantitative estimate of drug-likeness (QED) is 0.568. The van der Waals surface area contributed by atoms with Gasteiger partial charge in [0.15, 0.2) is 5.78 Å². The summed E-state index contributed by atoms with van der Waals surface area (Å²) in [6, 6.07) is 7.13. The lowest BCUT2D eigenvalue weighted by atomic mass is 9.94. The third-order valence-electron chi connectivity index (χ3n) is 2.80. The van der Waals surface area contributed by atoms with Gasteiger partial charge in [-0.15, -0.1) is 0 Å². The second kappa shape index (κ2) is 7.95. The lowest BCUT2D eigenvalue weighted by Gasteiger charge is -2.13. The molecule has 0 heterocycles. The molecule has 1 rings (SSSR count). The Bertz CT molecular complexity index is 443. The molecule has 1 aromatic carbocycles. The Morgan fingerprint density at radius 2 is 2.05 bits per heavy atom. The molecule has 0 aliphatic carbocycles. The molecule has 4 heteroatoms. The fourth-order valence-electron chi connectivity index (χ4n) is 1.91. The number of esters is 1. The molecule has 3 nitrogen and oxygen atoms in total. The predicted molar refractivity (Wildman–Crippen MR) is 75.2 cm³/mol. The summed E-state index contributed by atoms with van der Waals surface area (Å²) in [6.07, 6.45) is 1.51. The van der Waals surface area contributed by atoms with Crippen molar-refractivity contribution in [1.29, 1.82) is 0 Å². The minimum Gasteiger partial charge on any atom is -0.465 e. The Morgan fingerprint density at radius 1 is 1.32 bits per heavy atom. The van der Waals surface area contributed by atoms with Crippen LogP contribution in [0.5, 0.6) is 0 Å². The summed E-state index contributed by atoms with van der Waals surface area (Å²) in [7, 11) is 0. The molecule has 0 aliphatic rings. The van der Waals surface area contributed by atoms with Gasteiger partial charge in [0.2, 0.25) is 0 Å². The molecule has 0 fully saturated rings. The third kappa shape index (κ3) is 5.03. The first-order valence-electron chi connectivity index (χ1n) is 6.52. The van der Waals surface area contributed by atoms with Gasteiger partial charge >= 0.3 is 5.97 Å². The van der Waals surface area contributed by atoms with Crippen LogP contribution >= 0.6 is 11.6 Å². The smallest absolute Gasteiger partial charge is 0.316 e. The highest BCUT2D eigenvalue weighted by Crippen LogP contribution is 2.16. The van der Waals surface area contributed by atoms with Crippen molar-refractivity contribution in [3.63, 3.8) is 0 Å². The van der Waals surface area contributed by atoms with Crippen LogP contribution in [0.2, 0.25) is 5.02 Å². The normalized spacial score (nSPS) is 11.9. The first kappa shape index (κ1) is 15.7. The van der Waals surface area contributed by atoms with Gasteiger partial charge in [-0.3, -0.25) is 9.59 Å². The van der Waals surface area contributed by atoms with Gasteiger partial charge in [0.25, 0.3) is 0 Å². The summed E-state index contributed by atoms with van der Waals surface area (Å²) < 4.78 is 4.95. The van der Waals surface area contributed by atoms with Crippen LogP contribution < -0.4 is 0 Å². The number of halogens is 1. The van der Waals surface area contributed by atoms with E-state index in [4.69, 9.17) is 16.3 Å². The van der Waals surface area contributed by atoms with Crippen molar-refractivity contribution >= 4 is 23.4 Å². The van der Waals surface area contributed by atoms with E-state index in [1.165, 1.54) is 0 Å². The monoisotopic (exact) mass is 282 g/mol. The Hall–Kier alpha value is -1.35. The zero-order chi connectivity index (χ0) is 14.3. The van der Waals surface area contributed by atoms with Gasteiger partial charge in [0.1, 0.15) is 5.92 Å². The number of ketones is 1. The molecular formula is C15H19ClO3. The Labute approximate surface area is 118 Å². The van der Waals surface area contributed by atoms with Gasteiger partial charge in [-0.1, -0.05) is 37.1 Å². The highest BCUT2D eigenvalue weighted by atomic mass is 35.5. The molecule has 0 radical (unpaired) electrons. The molecule has 1 atom stereocenters. The molecule has 0 aromatic heterocycles. The lowest BCUT2D eigenvalue weighted by molar-refractivity contribution is -0.151. The van der Waals surface area contributed by atoms with Crippen molar-refractivity contribution in [2.45, 2.75) is 33.1 Å². The molecule has 0 spiro atoms. The highest BCUT2D eigenvalue weighted by Gasteiger charge is 2.26. The Morgan fingerprint density at radius 3 is 2.63 bits per heavy atom. The first-order valence-corrected chi connectivity index (χ1v) is 6.90. The van der Waals surface area contributed by atoms with Crippen molar-refractivity contribution in [3.8, 4) is 0 Å².